The number of imidazole rings is 1. The highest BCUT2D eigenvalue weighted by molar-refractivity contribution is 7.13. The molecule has 13 heteroatoms. The van der Waals surface area contributed by atoms with E-state index in [1.807, 2.05) is 52.0 Å². The fourth-order valence-corrected chi connectivity index (χ4v) is 6.69. The predicted molar refractivity (Wildman–Crippen MR) is 168 cm³/mol. The van der Waals surface area contributed by atoms with Crippen LogP contribution >= 0.6 is 34.5 Å². The molecule has 1 unspecified atom stereocenters. The second kappa shape index (κ2) is 10.6. The summed E-state index contributed by atoms with van der Waals surface area (Å²) in [6, 6.07) is 8.54. The molecule has 1 saturated heterocycles. The summed E-state index contributed by atoms with van der Waals surface area (Å²) in [5.74, 6) is -0.415. The van der Waals surface area contributed by atoms with Gasteiger partial charge in [-0.3, -0.25) is 14.8 Å². The molecule has 2 aliphatic heterocycles. The second-order valence-corrected chi connectivity index (χ2v) is 13.7. The van der Waals surface area contributed by atoms with Crippen LogP contribution in [0, 0.1) is 0 Å². The van der Waals surface area contributed by atoms with Crippen molar-refractivity contribution in [3.8, 4) is 11.1 Å². The van der Waals surface area contributed by atoms with E-state index in [0.717, 1.165) is 11.1 Å². The number of ether oxygens (including phenoxy) is 2. The van der Waals surface area contributed by atoms with Crippen molar-refractivity contribution in [1.82, 2.24) is 24.3 Å². The summed E-state index contributed by atoms with van der Waals surface area (Å²) in [6.45, 7) is 8.26. The highest BCUT2D eigenvalue weighted by Crippen LogP contribution is 2.45. The Morgan fingerprint density at radius 1 is 1.14 bits per heavy atom. The number of rotatable bonds is 6. The third-order valence-corrected chi connectivity index (χ3v) is 10.1. The van der Waals surface area contributed by atoms with Crippen LogP contribution in [-0.2, 0) is 27.2 Å². The molecule has 1 N–H and O–H groups in total. The zero-order valence-corrected chi connectivity index (χ0v) is 26.7. The minimum atomic E-state index is -1.05. The molecule has 0 radical (unpaired) electrons. The number of amides is 1. The molecule has 2 aromatic carbocycles. The second-order valence-electron chi connectivity index (χ2n) is 12.1. The third kappa shape index (κ3) is 4.91. The molecule has 0 aliphatic carbocycles. The first-order chi connectivity index (χ1) is 20.9. The van der Waals surface area contributed by atoms with Crippen molar-refractivity contribution in [2.45, 2.75) is 70.4 Å². The summed E-state index contributed by atoms with van der Waals surface area (Å²) in [5.41, 5.74) is 2.99. The van der Waals surface area contributed by atoms with Crippen LogP contribution in [0.15, 0.2) is 54.4 Å². The maximum Gasteiger partial charge on any atom is 0.257 e. The average molecular weight is 656 g/mol. The van der Waals surface area contributed by atoms with Gasteiger partial charge in [0.2, 0.25) is 0 Å². The quantitative estimate of drug-likeness (QED) is 0.205. The first-order valence-corrected chi connectivity index (χ1v) is 15.8. The Balaban J connectivity index is 1.26. The third-order valence-electron chi connectivity index (χ3n) is 8.67. The molecule has 1 amide bonds. The molecule has 0 spiro atoms. The van der Waals surface area contributed by atoms with Crippen molar-refractivity contribution in [2.24, 2.45) is 0 Å². The minimum absolute atomic E-state index is 0.157. The molecule has 228 valence electrons. The van der Waals surface area contributed by atoms with Gasteiger partial charge in [0.15, 0.2) is 17.5 Å². The van der Waals surface area contributed by atoms with Crippen molar-refractivity contribution < 1.29 is 18.7 Å². The molecular weight excluding hydrogens is 626 g/mol. The lowest BCUT2D eigenvalue weighted by molar-refractivity contribution is -0.118. The molecule has 3 aromatic heterocycles. The lowest BCUT2D eigenvalue weighted by atomic mass is 9.90. The molecule has 2 aliphatic rings. The summed E-state index contributed by atoms with van der Waals surface area (Å²) in [5, 5.41) is 11.2. The molecule has 5 aromatic rings. The monoisotopic (exact) mass is 654 g/mol. The molecule has 0 bridgehead atoms. The van der Waals surface area contributed by atoms with E-state index < -0.39 is 35.6 Å². The Labute approximate surface area is 266 Å². The van der Waals surface area contributed by atoms with Crippen LogP contribution in [-0.4, -0.2) is 47.6 Å². The average Bonchev–Trinajstić information content (AvgIpc) is 3.79. The molecule has 1 fully saturated rings. The number of halogens is 3. The van der Waals surface area contributed by atoms with Gasteiger partial charge in [-0.1, -0.05) is 47.5 Å². The molecule has 9 nitrogen and oxygen atoms in total. The lowest BCUT2D eigenvalue weighted by Crippen LogP contribution is -2.41. The van der Waals surface area contributed by atoms with E-state index in [4.69, 9.17) is 37.8 Å². The Kier molecular flexibility index (Phi) is 7.09. The molecule has 7 rings (SSSR count). The zero-order chi connectivity index (χ0) is 31.0. The van der Waals surface area contributed by atoms with Crippen molar-refractivity contribution in [3.63, 3.8) is 0 Å². The van der Waals surface area contributed by atoms with Gasteiger partial charge in [-0.2, -0.15) is 5.10 Å². The van der Waals surface area contributed by atoms with Crippen LogP contribution in [0.1, 0.15) is 57.0 Å². The normalized spacial score (nSPS) is 19.8. The van der Waals surface area contributed by atoms with E-state index in [9.17, 15) is 9.18 Å². The number of carbonyl (C=O) groups excluding carboxylic acids is 1. The number of carbonyl (C=O) groups is 1. The SMILES string of the molecule is CC1(C)OC(c2ccc(-c3cc(Cl)c4cn(C(C(=O)Nc5nccs5)c5ncn6c5C[C@@H](F)C6)nc4c3Cl)cc2)OC1(C)C. The molecular formula is C31H29Cl2FN6O3S. The maximum absolute atomic E-state index is 14.3. The Morgan fingerprint density at radius 2 is 1.86 bits per heavy atom. The van der Waals surface area contributed by atoms with Gasteiger partial charge in [-0.05, 0) is 39.3 Å². The van der Waals surface area contributed by atoms with E-state index in [1.54, 1.807) is 34.7 Å². The fourth-order valence-electron chi connectivity index (χ4n) is 5.61. The summed E-state index contributed by atoms with van der Waals surface area (Å²) in [7, 11) is 0. The maximum atomic E-state index is 14.3. The van der Waals surface area contributed by atoms with Gasteiger partial charge in [0.25, 0.3) is 5.91 Å². The van der Waals surface area contributed by atoms with Gasteiger partial charge in [0.1, 0.15) is 11.7 Å². The number of nitrogens with one attached hydrogen (secondary N) is 1. The standard InChI is InChI=1S/C31H29Cl2FN6O3S/c1-30(2)31(3,4)43-28(42-30)17-7-5-16(6-8-17)19-12-21(32)20-14-40(38-24(20)23(19)33)26(27(41)37-29-35-9-10-44-29)25-22-11-18(34)13-39(22)15-36-25/h5-10,12,14-15,18,26,28H,11,13H2,1-4H3,(H,35,37,41)/t18-,26?/m1/s1. The highest BCUT2D eigenvalue weighted by atomic mass is 35.5. The van der Waals surface area contributed by atoms with Gasteiger partial charge < -0.3 is 14.0 Å². The summed E-state index contributed by atoms with van der Waals surface area (Å²) >= 11 is 15.1. The molecule has 5 heterocycles. The fraction of sp³-hybridized carbons (Fsp3) is 0.355. The first-order valence-electron chi connectivity index (χ1n) is 14.1. The van der Waals surface area contributed by atoms with Crippen LogP contribution in [0.2, 0.25) is 10.0 Å². The number of hydrogen-bond donors (Lipinski definition) is 1. The van der Waals surface area contributed by atoms with Crippen LogP contribution in [0.3, 0.4) is 0 Å². The number of nitrogens with zero attached hydrogens (tertiary/aromatic N) is 5. The predicted octanol–water partition coefficient (Wildman–Crippen LogP) is 7.39. The number of hydrogen-bond acceptors (Lipinski definition) is 7. The van der Waals surface area contributed by atoms with Gasteiger partial charge in [0, 0.05) is 46.4 Å². The smallest absolute Gasteiger partial charge is 0.257 e. The van der Waals surface area contributed by atoms with Crippen molar-refractivity contribution in [1.29, 1.82) is 0 Å². The van der Waals surface area contributed by atoms with E-state index in [0.29, 0.717) is 43.0 Å². The molecule has 2 atom stereocenters. The van der Waals surface area contributed by atoms with Crippen LogP contribution in [0.4, 0.5) is 9.52 Å². The zero-order valence-electron chi connectivity index (χ0n) is 24.3. The van der Waals surface area contributed by atoms with E-state index >= 15 is 0 Å². The lowest BCUT2D eigenvalue weighted by Gasteiger charge is -2.30. The number of fused-ring (bicyclic) bond motifs is 2. The molecule has 44 heavy (non-hydrogen) atoms. The number of thiazole rings is 1. The number of benzene rings is 2. The Bertz CT molecular complexity index is 1870. The van der Waals surface area contributed by atoms with Crippen LogP contribution < -0.4 is 5.32 Å². The van der Waals surface area contributed by atoms with Crippen molar-refractivity contribution in [2.75, 3.05) is 5.32 Å². The summed E-state index contributed by atoms with van der Waals surface area (Å²) < 4.78 is 29.9. The highest BCUT2D eigenvalue weighted by Gasteiger charge is 2.49. The number of anilines is 1. The van der Waals surface area contributed by atoms with Crippen molar-refractivity contribution in [3.05, 3.63) is 81.4 Å². The minimum Gasteiger partial charge on any atom is -0.339 e. The summed E-state index contributed by atoms with van der Waals surface area (Å²) in [6.07, 6.45) is 3.45. The van der Waals surface area contributed by atoms with Gasteiger partial charge >= 0.3 is 0 Å². The largest absolute Gasteiger partial charge is 0.339 e. The topological polar surface area (TPSA) is 96.1 Å². The van der Waals surface area contributed by atoms with E-state index in [1.165, 1.54) is 16.0 Å². The van der Waals surface area contributed by atoms with Crippen LogP contribution in [0.5, 0.6) is 0 Å². The Hall–Kier alpha value is -3.35. The van der Waals surface area contributed by atoms with Crippen molar-refractivity contribution >= 4 is 56.5 Å². The number of aromatic nitrogens is 5. The van der Waals surface area contributed by atoms with Crippen LogP contribution in [0.25, 0.3) is 22.0 Å². The first kappa shape index (κ1) is 29.4. The summed E-state index contributed by atoms with van der Waals surface area (Å²) in [4.78, 5) is 22.4. The van der Waals surface area contributed by atoms with Gasteiger partial charge in [-0.15, -0.1) is 11.3 Å². The Morgan fingerprint density at radius 3 is 2.55 bits per heavy atom. The number of alkyl halides is 1. The van der Waals surface area contributed by atoms with Gasteiger partial charge in [0.05, 0.1) is 39.8 Å². The molecule has 0 saturated carbocycles. The van der Waals surface area contributed by atoms with E-state index in [-0.39, 0.29) is 13.0 Å². The van der Waals surface area contributed by atoms with E-state index in [2.05, 4.69) is 15.3 Å². The van der Waals surface area contributed by atoms with Gasteiger partial charge in [-0.25, -0.2) is 14.4 Å².